The SMILES string of the molecule is CCCCc1noc(C(C)Sc2nnc(COc3ccc(C(C)C)cc3)n2N)n1. The molecule has 3 rings (SSSR count). The summed E-state index contributed by atoms with van der Waals surface area (Å²) in [7, 11) is 0. The first-order chi connectivity index (χ1) is 14.0. The summed E-state index contributed by atoms with van der Waals surface area (Å²) in [6.07, 6.45) is 2.96. The molecule has 3 aromatic rings. The number of nitrogens with two attached hydrogens (primary N) is 1. The number of nitrogen functional groups attached to an aromatic ring is 1. The number of aromatic nitrogens is 5. The van der Waals surface area contributed by atoms with Gasteiger partial charge in [0.1, 0.15) is 12.4 Å². The van der Waals surface area contributed by atoms with Crippen molar-refractivity contribution in [2.45, 2.75) is 69.9 Å². The second kappa shape index (κ2) is 9.78. The molecule has 0 fully saturated rings. The smallest absolute Gasteiger partial charge is 0.239 e. The van der Waals surface area contributed by atoms with Crippen LogP contribution in [0.1, 0.15) is 74.8 Å². The van der Waals surface area contributed by atoms with E-state index < -0.39 is 0 Å². The third kappa shape index (κ3) is 5.50. The second-order valence-corrected chi connectivity index (χ2v) is 8.50. The molecular weight excluding hydrogens is 388 g/mol. The molecule has 1 atom stereocenters. The fourth-order valence-corrected chi connectivity index (χ4v) is 3.48. The summed E-state index contributed by atoms with van der Waals surface area (Å²) in [6.45, 7) is 8.67. The van der Waals surface area contributed by atoms with Crippen LogP contribution in [-0.4, -0.2) is 25.0 Å². The van der Waals surface area contributed by atoms with Crippen molar-refractivity contribution >= 4 is 11.8 Å². The first-order valence-corrected chi connectivity index (χ1v) is 10.8. The zero-order valence-electron chi connectivity index (χ0n) is 17.3. The average Bonchev–Trinajstić information content (AvgIpc) is 3.32. The molecule has 2 heterocycles. The van der Waals surface area contributed by atoms with Gasteiger partial charge >= 0.3 is 0 Å². The summed E-state index contributed by atoms with van der Waals surface area (Å²) in [5.41, 5.74) is 1.27. The third-order valence-electron chi connectivity index (χ3n) is 4.52. The van der Waals surface area contributed by atoms with Gasteiger partial charge in [-0.25, -0.2) is 4.68 Å². The van der Waals surface area contributed by atoms with E-state index in [4.69, 9.17) is 15.1 Å². The molecule has 2 N–H and O–H groups in total. The first kappa shape index (κ1) is 21.2. The Balaban J connectivity index is 1.57. The van der Waals surface area contributed by atoms with E-state index in [1.54, 1.807) is 0 Å². The van der Waals surface area contributed by atoms with Crippen molar-refractivity contribution in [2.24, 2.45) is 0 Å². The lowest BCUT2D eigenvalue weighted by Gasteiger charge is -2.09. The molecule has 2 aromatic heterocycles. The Morgan fingerprint density at radius 3 is 2.62 bits per heavy atom. The molecule has 0 aliphatic heterocycles. The van der Waals surface area contributed by atoms with E-state index in [0.717, 1.165) is 30.8 Å². The van der Waals surface area contributed by atoms with Crippen LogP contribution in [0.2, 0.25) is 0 Å². The normalized spacial score (nSPS) is 12.4. The van der Waals surface area contributed by atoms with Crippen molar-refractivity contribution in [3.8, 4) is 5.75 Å². The van der Waals surface area contributed by atoms with E-state index in [0.29, 0.717) is 22.8 Å². The topological polar surface area (TPSA) is 105 Å². The summed E-state index contributed by atoms with van der Waals surface area (Å²) >= 11 is 1.42. The van der Waals surface area contributed by atoms with Crippen molar-refractivity contribution < 1.29 is 9.26 Å². The maximum Gasteiger partial charge on any atom is 0.239 e. The van der Waals surface area contributed by atoms with Crippen LogP contribution in [0.15, 0.2) is 33.9 Å². The molecule has 0 bridgehead atoms. The van der Waals surface area contributed by atoms with E-state index in [2.05, 4.69) is 53.2 Å². The lowest BCUT2D eigenvalue weighted by atomic mass is 10.0. The summed E-state index contributed by atoms with van der Waals surface area (Å²) < 4.78 is 12.6. The molecule has 29 heavy (non-hydrogen) atoms. The van der Waals surface area contributed by atoms with Gasteiger partial charge in [0.25, 0.3) is 0 Å². The molecule has 8 nitrogen and oxygen atoms in total. The van der Waals surface area contributed by atoms with E-state index in [-0.39, 0.29) is 11.9 Å². The van der Waals surface area contributed by atoms with Crippen LogP contribution in [0.4, 0.5) is 0 Å². The van der Waals surface area contributed by atoms with Gasteiger partial charge in [0.2, 0.25) is 11.0 Å². The second-order valence-electron chi connectivity index (χ2n) is 7.19. The van der Waals surface area contributed by atoms with Crippen LogP contribution in [0.25, 0.3) is 0 Å². The summed E-state index contributed by atoms with van der Waals surface area (Å²) in [5, 5.41) is 12.8. The van der Waals surface area contributed by atoms with Crippen LogP contribution in [0, 0.1) is 0 Å². The van der Waals surface area contributed by atoms with Crippen LogP contribution < -0.4 is 10.6 Å². The van der Waals surface area contributed by atoms with E-state index in [9.17, 15) is 0 Å². The summed E-state index contributed by atoms with van der Waals surface area (Å²) in [5.74, 6) is 9.25. The zero-order valence-corrected chi connectivity index (χ0v) is 18.1. The Hall–Kier alpha value is -2.55. The van der Waals surface area contributed by atoms with Gasteiger partial charge in [-0.1, -0.05) is 56.2 Å². The van der Waals surface area contributed by atoms with Crippen molar-refractivity contribution in [1.82, 2.24) is 25.0 Å². The van der Waals surface area contributed by atoms with Gasteiger partial charge in [0, 0.05) is 6.42 Å². The number of hydrogen-bond acceptors (Lipinski definition) is 8. The Kier molecular flexibility index (Phi) is 7.13. The molecule has 0 aliphatic rings. The van der Waals surface area contributed by atoms with Gasteiger partial charge in [0.05, 0.1) is 5.25 Å². The molecular formula is C20H28N6O2S. The highest BCUT2D eigenvalue weighted by molar-refractivity contribution is 7.99. The Morgan fingerprint density at radius 2 is 1.93 bits per heavy atom. The van der Waals surface area contributed by atoms with E-state index >= 15 is 0 Å². The Bertz CT molecular complexity index is 906. The fraction of sp³-hybridized carbons (Fsp3) is 0.500. The van der Waals surface area contributed by atoms with Crippen LogP contribution in [0.5, 0.6) is 5.75 Å². The number of hydrogen-bond donors (Lipinski definition) is 1. The lowest BCUT2D eigenvalue weighted by molar-refractivity contribution is 0.291. The number of rotatable bonds is 10. The lowest BCUT2D eigenvalue weighted by Crippen LogP contribution is -2.16. The van der Waals surface area contributed by atoms with Crippen LogP contribution >= 0.6 is 11.8 Å². The molecule has 0 radical (unpaired) electrons. The van der Waals surface area contributed by atoms with Crippen molar-refractivity contribution in [1.29, 1.82) is 0 Å². The average molecular weight is 417 g/mol. The molecule has 9 heteroatoms. The highest BCUT2D eigenvalue weighted by Crippen LogP contribution is 2.32. The first-order valence-electron chi connectivity index (χ1n) is 9.89. The molecule has 0 saturated carbocycles. The van der Waals surface area contributed by atoms with Crippen molar-refractivity contribution in [2.75, 3.05) is 5.84 Å². The van der Waals surface area contributed by atoms with Gasteiger partial charge in [-0.05, 0) is 37.0 Å². The van der Waals surface area contributed by atoms with Gasteiger partial charge in [-0.15, -0.1) is 10.2 Å². The predicted molar refractivity (Wildman–Crippen MR) is 112 cm³/mol. The van der Waals surface area contributed by atoms with Gasteiger partial charge in [0.15, 0.2) is 11.6 Å². The van der Waals surface area contributed by atoms with Gasteiger partial charge in [-0.3, -0.25) is 0 Å². The number of thioether (sulfide) groups is 1. The fourth-order valence-electron chi connectivity index (χ4n) is 2.66. The predicted octanol–water partition coefficient (Wildman–Crippen LogP) is 4.27. The maximum atomic E-state index is 6.15. The molecule has 0 amide bonds. The standard InChI is InChI=1S/C20H28N6O2S/c1-5-6-7-17-22-19(28-25-17)14(4)29-20-24-23-18(26(20)21)12-27-16-10-8-15(9-11-16)13(2)3/h8-11,13-14H,5-7,12,21H2,1-4H3. The molecule has 0 aliphatic carbocycles. The van der Waals surface area contributed by atoms with Crippen molar-refractivity contribution in [3.63, 3.8) is 0 Å². The number of nitrogens with zero attached hydrogens (tertiary/aromatic N) is 5. The molecule has 156 valence electrons. The van der Waals surface area contributed by atoms with E-state index in [1.165, 1.54) is 22.0 Å². The molecule has 0 saturated heterocycles. The highest BCUT2D eigenvalue weighted by atomic mass is 32.2. The monoisotopic (exact) mass is 416 g/mol. The Labute approximate surface area is 175 Å². The largest absolute Gasteiger partial charge is 0.486 e. The third-order valence-corrected chi connectivity index (χ3v) is 5.56. The maximum absolute atomic E-state index is 6.15. The van der Waals surface area contributed by atoms with Gasteiger partial charge < -0.3 is 15.1 Å². The molecule has 1 aromatic carbocycles. The van der Waals surface area contributed by atoms with Gasteiger partial charge in [-0.2, -0.15) is 4.98 Å². The highest BCUT2D eigenvalue weighted by Gasteiger charge is 2.20. The molecule has 0 spiro atoms. The minimum Gasteiger partial charge on any atom is -0.486 e. The quantitative estimate of drug-likeness (QED) is 0.386. The number of unbranched alkanes of at least 4 members (excludes halogenated alkanes) is 1. The number of benzene rings is 1. The minimum atomic E-state index is -0.0817. The van der Waals surface area contributed by atoms with Crippen LogP contribution in [-0.2, 0) is 13.0 Å². The Morgan fingerprint density at radius 1 is 1.17 bits per heavy atom. The zero-order chi connectivity index (χ0) is 20.8. The van der Waals surface area contributed by atoms with Crippen LogP contribution in [0.3, 0.4) is 0 Å². The number of ether oxygens (including phenoxy) is 1. The van der Waals surface area contributed by atoms with E-state index in [1.807, 2.05) is 19.1 Å². The van der Waals surface area contributed by atoms with Crippen molar-refractivity contribution in [3.05, 3.63) is 47.4 Å². The summed E-state index contributed by atoms with van der Waals surface area (Å²) in [6, 6.07) is 8.04. The molecule has 1 unspecified atom stereocenters. The number of aryl methyl sites for hydroxylation is 1. The minimum absolute atomic E-state index is 0.0817. The summed E-state index contributed by atoms with van der Waals surface area (Å²) in [4.78, 5) is 4.45.